The molecule has 0 bridgehead atoms. The summed E-state index contributed by atoms with van der Waals surface area (Å²) in [4.78, 5) is 13.0. The maximum Gasteiger partial charge on any atom is 0.406 e. The highest BCUT2D eigenvalue weighted by Crippen LogP contribution is 2.21. The Balaban J connectivity index is 4.96. The van der Waals surface area contributed by atoms with Gasteiger partial charge in [0.1, 0.15) is 6.54 Å². The quantitative estimate of drug-likeness (QED) is 0.780. The molecular weight excluding hydrogens is 257 g/mol. The van der Waals surface area contributed by atoms with Crippen LogP contribution in [0.5, 0.6) is 0 Å². The zero-order valence-corrected chi connectivity index (χ0v) is 12.1. The van der Waals surface area contributed by atoms with E-state index in [1.54, 1.807) is 13.8 Å². The van der Waals surface area contributed by atoms with Gasteiger partial charge in [-0.05, 0) is 25.2 Å². The summed E-state index contributed by atoms with van der Waals surface area (Å²) in [5, 5.41) is 0. The highest BCUT2D eigenvalue weighted by molar-refractivity contribution is 5.82. The van der Waals surface area contributed by atoms with Gasteiger partial charge in [-0.2, -0.15) is 13.2 Å². The van der Waals surface area contributed by atoms with Crippen molar-refractivity contribution in [2.75, 3.05) is 6.54 Å². The number of halogens is 3. The smallest absolute Gasteiger partial charge is 0.329 e. The molecule has 0 aliphatic carbocycles. The molecule has 1 atom stereocenters. The Labute approximate surface area is 113 Å². The molecule has 0 spiro atoms. The fourth-order valence-corrected chi connectivity index (χ4v) is 2.13. The van der Waals surface area contributed by atoms with Gasteiger partial charge in [0.15, 0.2) is 0 Å². The molecule has 0 aliphatic heterocycles. The Kier molecular flexibility index (Phi) is 7.41. The molecule has 6 heteroatoms. The normalized spacial score (nSPS) is 14.0. The van der Waals surface area contributed by atoms with Crippen LogP contribution in [-0.4, -0.2) is 35.6 Å². The second kappa shape index (κ2) is 7.72. The average Bonchev–Trinajstić information content (AvgIpc) is 2.25. The van der Waals surface area contributed by atoms with Gasteiger partial charge in [0.25, 0.3) is 0 Å². The summed E-state index contributed by atoms with van der Waals surface area (Å²) < 4.78 is 37.8. The SMILES string of the molecule is CCC(CC)N(CC(F)(F)F)C(=O)C(N)CC(C)C. The van der Waals surface area contributed by atoms with Gasteiger partial charge in [-0.25, -0.2) is 0 Å². The second-order valence-corrected chi connectivity index (χ2v) is 5.29. The van der Waals surface area contributed by atoms with Crippen LogP contribution in [0, 0.1) is 5.92 Å². The van der Waals surface area contributed by atoms with Gasteiger partial charge in [0.05, 0.1) is 6.04 Å². The lowest BCUT2D eigenvalue weighted by atomic mass is 10.0. The molecule has 114 valence electrons. The summed E-state index contributed by atoms with van der Waals surface area (Å²) in [6.07, 6.45) is -3.01. The molecule has 0 rings (SSSR count). The molecular formula is C13H25F3N2O. The van der Waals surface area contributed by atoms with Crippen molar-refractivity contribution in [2.24, 2.45) is 11.7 Å². The molecule has 0 aromatic rings. The molecule has 0 aromatic carbocycles. The van der Waals surface area contributed by atoms with Gasteiger partial charge in [0, 0.05) is 6.04 Å². The number of nitrogens with zero attached hydrogens (tertiary/aromatic N) is 1. The fourth-order valence-electron chi connectivity index (χ4n) is 2.13. The number of nitrogens with two attached hydrogens (primary N) is 1. The zero-order valence-electron chi connectivity index (χ0n) is 12.1. The molecule has 3 nitrogen and oxygen atoms in total. The van der Waals surface area contributed by atoms with Gasteiger partial charge in [-0.3, -0.25) is 4.79 Å². The van der Waals surface area contributed by atoms with Gasteiger partial charge in [-0.15, -0.1) is 0 Å². The monoisotopic (exact) mass is 282 g/mol. The van der Waals surface area contributed by atoms with Crippen molar-refractivity contribution in [1.82, 2.24) is 4.90 Å². The third kappa shape index (κ3) is 6.80. The van der Waals surface area contributed by atoms with E-state index in [0.29, 0.717) is 19.3 Å². The summed E-state index contributed by atoms with van der Waals surface area (Å²) in [7, 11) is 0. The molecule has 1 unspecified atom stereocenters. The summed E-state index contributed by atoms with van der Waals surface area (Å²) in [6, 6.07) is -1.27. The van der Waals surface area contributed by atoms with Crippen LogP contribution in [0.25, 0.3) is 0 Å². The van der Waals surface area contributed by atoms with Gasteiger partial charge in [0.2, 0.25) is 5.91 Å². The third-order valence-corrected chi connectivity index (χ3v) is 3.06. The number of amides is 1. The lowest BCUT2D eigenvalue weighted by Crippen LogP contribution is -2.52. The zero-order chi connectivity index (χ0) is 15.2. The Morgan fingerprint density at radius 2 is 1.68 bits per heavy atom. The first-order valence-corrected chi connectivity index (χ1v) is 6.75. The lowest BCUT2D eigenvalue weighted by molar-refractivity contribution is -0.167. The van der Waals surface area contributed by atoms with Crippen LogP contribution >= 0.6 is 0 Å². The molecule has 19 heavy (non-hydrogen) atoms. The Morgan fingerprint density at radius 1 is 1.21 bits per heavy atom. The molecule has 0 saturated carbocycles. The fraction of sp³-hybridized carbons (Fsp3) is 0.923. The summed E-state index contributed by atoms with van der Waals surface area (Å²) in [5.41, 5.74) is 5.73. The van der Waals surface area contributed by atoms with Gasteiger partial charge < -0.3 is 10.6 Å². The van der Waals surface area contributed by atoms with Crippen LogP contribution in [0.2, 0.25) is 0 Å². The predicted octanol–water partition coefficient (Wildman–Crippen LogP) is 2.94. The van der Waals surface area contributed by atoms with Crippen molar-refractivity contribution in [1.29, 1.82) is 0 Å². The van der Waals surface area contributed by atoms with E-state index in [0.717, 1.165) is 4.90 Å². The first kappa shape index (κ1) is 18.2. The Bertz CT molecular complexity index is 276. The highest BCUT2D eigenvalue weighted by Gasteiger charge is 2.37. The summed E-state index contributed by atoms with van der Waals surface area (Å²) in [6.45, 7) is 6.11. The molecule has 0 radical (unpaired) electrons. The Hall–Kier alpha value is -0.780. The van der Waals surface area contributed by atoms with E-state index in [4.69, 9.17) is 5.73 Å². The maximum atomic E-state index is 12.6. The Morgan fingerprint density at radius 3 is 2.00 bits per heavy atom. The molecule has 2 N–H and O–H groups in total. The third-order valence-electron chi connectivity index (χ3n) is 3.06. The molecule has 1 amide bonds. The molecule has 0 saturated heterocycles. The highest BCUT2D eigenvalue weighted by atomic mass is 19.4. The number of hydrogen-bond donors (Lipinski definition) is 1. The van der Waals surface area contributed by atoms with Crippen molar-refractivity contribution < 1.29 is 18.0 Å². The standard InChI is InChI=1S/C13H25F3N2O/c1-5-10(6-2)18(8-13(14,15)16)12(19)11(17)7-9(3)4/h9-11H,5-8,17H2,1-4H3. The van der Waals surface area contributed by atoms with E-state index in [-0.39, 0.29) is 5.92 Å². The van der Waals surface area contributed by atoms with Crippen molar-refractivity contribution >= 4 is 5.91 Å². The maximum absolute atomic E-state index is 12.6. The minimum absolute atomic E-state index is 0.174. The topological polar surface area (TPSA) is 46.3 Å². The van der Waals surface area contributed by atoms with E-state index >= 15 is 0 Å². The predicted molar refractivity (Wildman–Crippen MR) is 69.6 cm³/mol. The first-order valence-electron chi connectivity index (χ1n) is 6.75. The number of alkyl halides is 3. The lowest BCUT2D eigenvalue weighted by Gasteiger charge is -2.33. The van der Waals surface area contributed by atoms with E-state index < -0.39 is 30.7 Å². The minimum atomic E-state index is -4.39. The van der Waals surface area contributed by atoms with Crippen LogP contribution in [0.3, 0.4) is 0 Å². The molecule has 0 aliphatic rings. The van der Waals surface area contributed by atoms with Crippen molar-refractivity contribution in [3.63, 3.8) is 0 Å². The van der Waals surface area contributed by atoms with Crippen molar-refractivity contribution in [3.05, 3.63) is 0 Å². The largest absolute Gasteiger partial charge is 0.406 e. The minimum Gasteiger partial charge on any atom is -0.329 e. The molecule has 0 fully saturated rings. The number of carbonyl (C=O) groups is 1. The second-order valence-electron chi connectivity index (χ2n) is 5.29. The van der Waals surface area contributed by atoms with Gasteiger partial charge >= 0.3 is 6.18 Å². The van der Waals surface area contributed by atoms with E-state index in [2.05, 4.69) is 0 Å². The van der Waals surface area contributed by atoms with Gasteiger partial charge in [-0.1, -0.05) is 27.7 Å². The number of carbonyl (C=O) groups excluding carboxylic acids is 1. The van der Waals surface area contributed by atoms with Crippen molar-refractivity contribution in [3.8, 4) is 0 Å². The number of hydrogen-bond acceptors (Lipinski definition) is 2. The summed E-state index contributed by atoms with van der Waals surface area (Å²) in [5.74, 6) is -0.423. The van der Waals surface area contributed by atoms with Crippen LogP contribution in [0.4, 0.5) is 13.2 Å². The van der Waals surface area contributed by atoms with E-state index in [9.17, 15) is 18.0 Å². The summed E-state index contributed by atoms with van der Waals surface area (Å²) >= 11 is 0. The molecule has 0 heterocycles. The first-order chi connectivity index (χ1) is 8.62. The van der Waals surface area contributed by atoms with E-state index in [1.807, 2.05) is 13.8 Å². The van der Waals surface area contributed by atoms with Crippen LogP contribution in [-0.2, 0) is 4.79 Å². The average molecular weight is 282 g/mol. The van der Waals surface area contributed by atoms with Crippen LogP contribution in [0.1, 0.15) is 47.0 Å². The van der Waals surface area contributed by atoms with Crippen LogP contribution < -0.4 is 5.73 Å². The van der Waals surface area contributed by atoms with Crippen molar-refractivity contribution in [2.45, 2.75) is 65.2 Å². The van der Waals surface area contributed by atoms with Crippen LogP contribution in [0.15, 0.2) is 0 Å². The number of rotatable bonds is 7. The van der Waals surface area contributed by atoms with E-state index in [1.165, 1.54) is 0 Å². The molecule has 0 aromatic heterocycles.